The molecule has 0 spiro atoms. The summed E-state index contributed by atoms with van der Waals surface area (Å²) in [7, 11) is 1.69. The molecule has 0 unspecified atom stereocenters. The second kappa shape index (κ2) is 7.84. The minimum Gasteiger partial charge on any atom is -0.481 e. The van der Waals surface area contributed by atoms with Gasteiger partial charge in [-0.1, -0.05) is 12.1 Å². The number of fused-ring (bicyclic) bond motifs is 1. The molecule has 5 rings (SSSR count). The number of hydrogen-bond acceptors (Lipinski definition) is 4. The zero-order chi connectivity index (χ0) is 24.0. The normalized spacial score (nSPS) is 11.7. The largest absolute Gasteiger partial charge is 0.481 e. The molecule has 2 N–H and O–H groups in total. The Balaban J connectivity index is 1.59. The van der Waals surface area contributed by atoms with Crippen LogP contribution in [0.4, 0.5) is 0 Å². The highest BCUT2D eigenvalue weighted by Gasteiger charge is 2.29. The van der Waals surface area contributed by atoms with Gasteiger partial charge in [-0.25, -0.2) is 9.78 Å². The quantitative estimate of drug-likeness (QED) is 0.416. The third-order valence-corrected chi connectivity index (χ3v) is 6.19. The standard InChI is InChI=1S/C26H23N5O3/c1-26(2,24(32)33)19-4-6-20(7-5-19)31-22(15-30(3)25(31)34)21-13-16(8-10-27-21)18-12-17-9-11-28-23(17)29-14-18/h4-15H,1-3H3,(H,28,29)(H,32,33). The van der Waals surface area contributed by atoms with Gasteiger partial charge in [0.05, 0.1) is 22.5 Å². The van der Waals surface area contributed by atoms with Crippen LogP contribution in [0.15, 0.2) is 78.1 Å². The average molecular weight is 454 g/mol. The van der Waals surface area contributed by atoms with Crippen LogP contribution in [0.1, 0.15) is 19.4 Å². The molecule has 1 aromatic carbocycles. The highest BCUT2D eigenvalue weighted by molar-refractivity contribution is 5.82. The molecule has 0 amide bonds. The van der Waals surface area contributed by atoms with Gasteiger partial charge in [-0.15, -0.1) is 0 Å². The van der Waals surface area contributed by atoms with Crippen molar-refractivity contribution in [3.05, 3.63) is 89.4 Å². The number of aryl methyl sites for hydroxylation is 1. The summed E-state index contributed by atoms with van der Waals surface area (Å²) < 4.78 is 3.09. The van der Waals surface area contributed by atoms with Crippen molar-refractivity contribution >= 4 is 17.0 Å². The van der Waals surface area contributed by atoms with Crippen molar-refractivity contribution in [2.45, 2.75) is 19.3 Å². The Labute approximate surface area is 195 Å². The van der Waals surface area contributed by atoms with Crippen LogP contribution >= 0.6 is 0 Å². The SMILES string of the molecule is Cn1cc(-c2cc(-c3cnc4[nH]ccc4c3)ccn2)n(-c2ccc(C(C)(C)C(=O)O)cc2)c1=O. The monoisotopic (exact) mass is 453 g/mol. The minimum atomic E-state index is -1.03. The molecule has 34 heavy (non-hydrogen) atoms. The molecule has 8 heteroatoms. The topological polar surface area (TPSA) is 106 Å². The first kappa shape index (κ1) is 21.4. The molecule has 170 valence electrons. The minimum absolute atomic E-state index is 0.220. The summed E-state index contributed by atoms with van der Waals surface area (Å²) in [5.74, 6) is -0.911. The molecule has 5 aromatic rings. The Hall–Kier alpha value is -4.46. The molecule has 0 aliphatic heterocycles. The van der Waals surface area contributed by atoms with E-state index in [0.717, 1.165) is 22.2 Å². The number of aliphatic carboxylic acids is 1. The van der Waals surface area contributed by atoms with E-state index in [4.69, 9.17) is 0 Å². The number of imidazole rings is 1. The number of aromatic nitrogens is 5. The van der Waals surface area contributed by atoms with Crippen LogP contribution in [-0.2, 0) is 17.3 Å². The van der Waals surface area contributed by atoms with Gasteiger partial charge in [0.2, 0.25) is 0 Å². The number of hydrogen-bond donors (Lipinski definition) is 2. The highest BCUT2D eigenvalue weighted by Crippen LogP contribution is 2.28. The lowest BCUT2D eigenvalue weighted by Crippen LogP contribution is -2.28. The van der Waals surface area contributed by atoms with Crippen molar-refractivity contribution in [1.82, 2.24) is 24.1 Å². The van der Waals surface area contributed by atoms with Gasteiger partial charge in [0.25, 0.3) is 0 Å². The van der Waals surface area contributed by atoms with Crippen LogP contribution in [0, 0.1) is 0 Å². The molecular formula is C26H23N5O3. The molecule has 0 bridgehead atoms. The van der Waals surface area contributed by atoms with Crippen LogP contribution in [0.3, 0.4) is 0 Å². The predicted molar refractivity (Wildman–Crippen MR) is 130 cm³/mol. The molecule has 4 aromatic heterocycles. The van der Waals surface area contributed by atoms with Gasteiger partial charge in [0.15, 0.2) is 0 Å². The second-order valence-corrected chi connectivity index (χ2v) is 8.79. The highest BCUT2D eigenvalue weighted by atomic mass is 16.4. The molecule has 0 aliphatic carbocycles. The summed E-state index contributed by atoms with van der Waals surface area (Å²) in [6, 6.07) is 14.9. The number of carboxylic acid groups (broad SMARTS) is 1. The van der Waals surface area contributed by atoms with Gasteiger partial charge < -0.3 is 14.7 Å². The number of carboxylic acids is 1. The lowest BCUT2D eigenvalue weighted by atomic mass is 9.85. The summed E-state index contributed by atoms with van der Waals surface area (Å²) >= 11 is 0. The van der Waals surface area contributed by atoms with Gasteiger partial charge in [-0.2, -0.15) is 0 Å². The molecule has 0 aliphatic rings. The fourth-order valence-corrected chi connectivity index (χ4v) is 3.99. The molecule has 8 nitrogen and oxygen atoms in total. The molecule has 0 saturated heterocycles. The third-order valence-electron chi connectivity index (χ3n) is 6.19. The summed E-state index contributed by atoms with van der Waals surface area (Å²) in [6.45, 7) is 3.30. The van der Waals surface area contributed by atoms with Gasteiger partial charge in [0, 0.05) is 42.8 Å². The first-order valence-corrected chi connectivity index (χ1v) is 10.8. The number of H-pyrrole nitrogens is 1. The van der Waals surface area contributed by atoms with Crippen molar-refractivity contribution < 1.29 is 9.90 Å². The van der Waals surface area contributed by atoms with Crippen molar-refractivity contribution in [2.24, 2.45) is 7.05 Å². The van der Waals surface area contributed by atoms with Crippen LogP contribution < -0.4 is 5.69 Å². The molecule has 4 heterocycles. The number of nitrogens with zero attached hydrogens (tertiary/aromatic N) is 4. The maximum atomic E-state index is 13.0. The molecule has 0 fully saturated rings. The van der Waals surface area contributed by atoms with Crippen LogP contribution in [-0.4, -0.2) is 35.2 Å². The Morgan fingerprint density at radius 2 is 1.79 bits per heavy atom. The Kier molecular flexibility index (Phi) is 4.93. The van der Waals surface area contributed by atoms with E-state index in [2.05, 4.69) is 21.0 Å². The third kappa shape index (κ3) is 3.49. The fourth-order valence-electron chi connectivity index (χ4n) is 3.99. The van der Waals surface area contributed by atoms with E-state index in [0.29, 0.717) is 22.6 Å². The molecule has 0 atom stereocenters. The summed E-state index contributed by atoms with van der Waals surface area (Å²) in [6.07, 6.45) is 7.12. The van der Waals surface area contributed by atoms with E-state index in [1.807, 2.05) is 24.4 Å². The molecular weight excluding hydrogens is 430 g/mol. The first-order chi connectivity index (χ1) is 16.3. The van der Waals surface area contributed by atoms with Gasteiger partial charge in [-0.05, 0) is 61.4 Å². The maximum Gasteiger partial charge on any atom is 0.333 e. The van der Waals surface area contributed by atoms with Crippen molar-refractivity contribution in [3.8, 4) is 28.2 Å². The lowest BCUT2D eigenvalue weighted by Gasteiger charge is -2.20. The lowest BCUT2D eigenvalue weighted by molar-refractivity contribution is -0.142. The van der Waals surface area contributed by atoms with E-state index in [1.54, 1.807) is 68.3 Å². The van der Waals surface area contributed by atoms with E-state index in [-0.39, 0.29) is 5.69 Å². The van der Waals surface area contributed by atoms with Crippen LogP contribution in [0.5, 0.6) is 0 Å². The van der Waals surface area contributed by atoms with Crippen LogP contribution in [0.2, 0.25) is 0 Å². The van der Waals surface area contributed by atoms with Gasteiger partial charge in [-0.3, -0.25) is 14.3 Å². The molecule has 0 radical (unpaired) electrons. The maximum absolute atomic E-state index is 13.0. The number of benzene rings is 1. The molecule has 0 saturated carbocycles. The predicted octanol–water partition coefficient (Wildman–Crippen LogP) is 4.14. The number of aromatic amines is 1. The Morgan fingerprint density at radius 1 is 1.03 bits per heavy atom. The van der Waals surface area contributed by atoms with E-state index in [1.165, 1.54) is 4.57 Å². The van der Waals surface area contributed by atoms with Crippen molar-refractivity contribution in [2.75, 3.05) is 0 Å². The number of nitrogens with one attached hydrogen (secondary N) is 1. The number of carbonyl (C=O) groups is 1. The number of pyridine rings is 2. The summed E-state index contributed by atoms with van der Waals surface area (Å²) in [5, 5.41) is 10.5. The van der Waals surface area contributed by atoms with E-state index >= 15 is 0 Å². The van der Waals surface area contributed by atoms with Crippen molar-refractivity contribution in [3.63, 3.8) is 0 Å². The van der Waals surface area contributed by atoms with Gasteiger partial charge >= 0.3 is 11.7 Å². The zero-order valence-electron chi connectivity index (χ0n) is 19.0. The average Bonchev–Trinajstić information content (AvgIpc) is 3.43. The van der Waals surface area contributed by atoms with Gasteiger partial charge in [0.1, 0.15) is 5.65 Å². The first-order valence-electron chi connectivity index (χ1n) is 10.8. The van der Waals surface area contributed by atoms with Crippen LogP contribution in [0.25, 0.3) is 39.2 Å². The van der Waals surface area contributed by atoms with E-state index in [9.17, 15) is 14.7 Å². The smallest absolute Gasteiger partial charge is 0.333 e. The summed E-state index contributed by atoms with van der Waals surface area (Å²) in [5.41, 5.74) is 4.01. The van der Waals surface area contributed by atoms with E-state index < -0.39 is 11.4 Å². The Bertz CT molecular complexity index is 1590. The Morgan fingerprint density at radius 3 is 2.53 bits per heavy atom. The second-order valence-electron chi connectivity index (χ2n) is 8.79. The zero-order valence-corrected chi connectivity index (χ0v) is 19.0. The summed E-state index contributed by atoms with van der Waals surface area (Å²) in [4.78, 5) is 36.7. The van der Waals surface area contributed by atoms with Crippen molar-refractivity contribution in [1.29, 1.82) is 0 Å². The number of rotatable bonds is 5. The fraction of sp³-hybridized carbons (Fsp3) is 0.154.